The van der Waals surface area contributed by atoms with Crippen molar-refractivity contribution in [1.82, 2.24) is 0 Å². The lowest BCUT2D eigenvalue weighted by molar-refractivity contribution is -0.147. The zero-order valence-electron chi connectivity index (χ0n) is 16.3. The minimum Gasteiger partial charge on any atom is -0.481 e. The number of hydrogen-bond acceptors (Lipinski definition) is 6. The predicted molar refractivity (Wildman–Crippen MR) is 112 cm³/mol. The van der Waals surface area contributed by atoms with Crippen molar-refractivity contribution in [2.75, 3.05) is 18.0 Å². The molecule has 1 aromatic rings. The second kappa shape index (κ2) is 11.2. The topological polar surface area (TPSA) is 147 Å². The van der Waals surface area contributed by atoms with Gasteiger partial charge in [-0.05, 0) is 31.5 Å². The van der Waals surface area contributed by atoms with E-state index in [1.54, 1.807) is 24.3 Å². The molecular weight excluding hydrogens is 394 g/mol. The Bertz CT molecular complexity index is 730. The van der Waals surface area contributed by atoms with Gasteiger partial charge in [0.2, 0.25) is 5.91 Å². The van der Waals surface area contributed by atoms with Crippen LogP contribution in [0, 0.1) is 11.8 Å². The van der Waals surface area contributed by atoms with Crippen molar-refractivity contribution in [1.29, 1.82) is 0 Å². The van der Waals surface area contributed by atoms with Crippen LogP contribution in [0.15, 0.2) is 29.2 Å². The van der Waals surface area contributed by atoms with Crippen LogP contribution in [-0.4, -0.2) is 46.5 Å². The molecule has 0 aliphatic carbocycles. The summed E-state index contributed by atoms with van der Waals surface area (Å²) in [5.74, 6) is -4.77. The first-order chi connectivity index (χ1) is 13.9. The normalized spacial score (nSPS) is 20.1. The van der Waals surface area contributed by atoms with Crippen molar-refractivity contribution < 1.29 is 24.6 Å². The van der Waals surface area contributed by atoms with Crippen molar-refractivity contribution in [3.63, 3.8) is 0 Å². The molecule has 0 bridgehead atoms. The predicted octanol–water partition coefficient (Wildman–Crippen LogP) is 2.11. The van der Waals surface area contributed by atoms with E-state index in [1.807, 2.05) is 0 Å². The Morgan fingerprint density at radius 2 is 1.76 bits per heavy atom. The van der Waals surface area contributed by atoms with Crippen molar-refractivity contribution in [3.05, 3.63) is 24.3 Å². The summed E-state index contributed by atoms with van der Waals surface area (Å²) in [4.78, 5) is 38.5. The number of thioether (sulfide) groups is 1. The first-order valence-electron chi connectivity index (χ1n) is 9.84. The number of aliphatic carboxylic acids is 2. The van der Waals surface area contributed by atoms with E-state index in [1.165, 1.54) is 11.8 Å². The maximum Gasteiger partial charge on any atom is 0.323 e. The lowest BCUT2D eigenvalue weighted by Crippen LogP contribution is -2.48. The second-order valence-corrected chi connectivity index (χ2v) is 8.40. The first-order valence-corrected chi connectivity index (χ1v) is 10.7. The van der Waals surface area contributed by atoms with Gasteiger partial charge in [-0.3, -0.25) is 19.3 Å². The fourth-order valence-corrected chi connectivity index (χ4v) is 4.84. The van der Waals surface area contributed by atoms with Gasteiger partial charge in [-0.2, -0.15) is 0 Å². The third kappa shape index (κ3) is 6.19. The van der Waals surface area contributed by atoms with E-state index in [9.17, 15) is 24.6 Å². The number of benzene rings is 1. The van der Waals surface area contributed by atoms with Crippen LogP contribution in [0.4, 0.5) is 5.69 Å². The Balaban J connectivity index is 2.23. The molecule has 8 nitrogen and oxygen atoms in total. The van der Waals surface area contributed by atoms with Gasteiger partial charge in [0.1, 0.15) is 6.54 Å². The number of hydrogen-bond donors (Lipinski definition) is 4. The minimum absolute atomic E-state index is 0.319. The molecule has 0 spiro atoms. The highest BCUT2D eigenvalue weighted by molar-refractivity contribution is 8.00. The summed E-state index contributed by atoms with van der Waals surface area (Å²) >= 11 is 1.22. The molecule has 1 unspecified atom stereocenters. The highest BCUT2D eigenvalue weighted by atomic mass is 32.2. The van der Waals surface area contributed by atoms with Gasteiger partial charge in [-0.1, -0.05) is 37.8 Å². The van der Waals surface area contributed by atoms with Crippen LogP contribution in [0.1, 0.15) is 38.5 Å². The van der Waals surface area contributed by atoms with Crippen molar-refractivity contribution in [2.45, 2.75) is 48.8 Å². The number of nitrogens with two attached hydrogens (primary N) is 2. The molecule has 1 heterocycles. The van der Waals surface area contributed by atoms with Crippen LogP contribution >= 0.6 is 11.8 Å². The molecule has 1 amide bonds. The Morgan fingerprint density at radius 1 is 1.10 bits per heavy atom. The lowest BCUT2D eigenvalue weighted by Gasteiger charge is -2.29. The van der Waals surface area contributed by atoms with E-state index in [0.29, 0.717) is 30.0 Å². The number of unbranched alkanes of at least 4 members (excludes halogenated alkanes) is 4. The number of fused-ring (bicyclic) bond motifs is 1. The summed E-state index contributed by atoms with van der Waals surface area (Å²) in [7, 11) is 0. The van der Waals surface area contributed by atoms with Crippen LogP contribution in [0.3, 0.4) is 0 Å². The van der Waals surface area contributed by atoms with Gasteiger partial charge in [-0.25, -0.2) is 0 Å². The van der Waals surface area contributed by atoms with Crippen LogP contribution < -0.4 is 16.4 Å². The Hall–Kier alpha value is -2.10. The number of para-hydroxylation sites is 1. The number of anilines is 1. The molecular formula is C20H29N3O5S. The summed E-state index contributed by atoms with van der Waals surface area (Å²) in [6.07, 6.45) is 4.72. The molecule has 2 rings (SSSR count). The fraction of sp³-hybridized carbons (Fsp3) is 0.550. The standard InChI is InChI=1S/C20H29N3O5S/c21-11-7-3-1-2-4-8-13(20(27)28)17-18(22)29-15-10-6-5-9-14(15)23(19(17)26)12-16(24)25/h5-6,9-10,13,17-18H,1-4,7-8,11-12,21-22H2,(H,24,25)(H,27,28)/t13-,17-,18?/m0/s1. The Labute approximate surface area is 174 Å². The summed E-state index contributed by atoms with van der Waals surface area (Å²) in [5.41, 5.74) is 12.2. The number of carboxylic acid groups (broad SMARTS) is 2. The average Bonchev–Trinajstić information content (AvgIpc) is 2.76. The Kier molecular flexibility index (Phi) is 8.94. The van der Waals surface area contributed by atoms with Gasteiger partial charge in [0.15, 0.2) is 0 Å². The minimum atomic E-state index is -1.17. The maximum absolute atomic E-state index is 13.3. The van der Waals surface area contributed by atoms with Crippen LogP contribution in [0.5, 0.6) is 0 Å². The molecule has 0 saturated heterocycles. The molecule has 1 aromatic carbocycles. The third-order valence-corrected chi connectivity index (χ3v) is 6.25. The monoisotopic (exact) mass is 423 g/mol. The molecule has 3 atom stereocenters. The molecule has 0 saturated carbocycles. The largest absolute Gasteiger partial charge is 0.481 e. The molecule has 0 aromatic heterocycles. The van der Waals surface area contributed by atoms with Crippen LogP contribution in [-0.2, 0) is 14.4 Å². The van der Waals surface area contributed by atoms with E-state index in [2.05, 4.69) is 0 Å². The van der Waals surface area contributed by atoms with Gasteiger partial charge in [0, 0.05) is 4.90 Å². The van der Waals surface area contributed by atoms with Crippen LogP contribution in [0.25, 0.3) is 0 Å². The van der Waals surface area contributed by atoms with Gasteiger partial charge in [0.05, 0.1) is 22.9 Å². The molecule has 0 fully saturated rings. The van der Waals surface area contributed by atoms with Crippen LogP contribution in [0.2, 0.25) is 0 Å². The highest BCUT2D eigenvalue weighted by Crippen LogP contribution is 2.41. The zero-order valence-corrected chi connectivity index (χ0v) is 17.1. The van der Waals surface area contributed by atoms with E-state index in [4.69, 9.17) is 11.5 Å². The quantitative estimate of drug-likeness (QED) is 0.396. The van der Waals surface area contributed by atoms with E-state index in [0.717, 1.165) is 30.6 Å². The zero-order chi connectivity index (χ0) is 21.4. The number of amides is 1. The molecule has 29 heavy (non-hydrogen) atoms. The average molecular weight is 424 g/mol. The first kappa shape index (κ1) is 23.2. The number of rotatable bonds is 11. The van der Waals surface area contributed by atoms with Crippen molar-refractivity contribution >= 4 is 35.3 Å². The van der Waals surface area contributed by atoms with Gasteiger partial charge in [-0.15, -0.1) is 11.8 Å². The number of carbonyl (C=O) groups excluding carboxylic acids is 1. The van der Waals surface area contributed by atoms with Gasteiger partial charge >= 0.3 is 11.9 Å². The molecule has 6 N–H and O–H groups in total. The number of nitrogens with zero attached hydrogens (tertiary/aromatic N) is 1. The molecule has 1 aliphatic heterocycles. The molecule has 160 valence electrons. The molecule has 9 heteroatoms. The molecule has 0 radical (unpaired) electrons. The maximum atomic E-state index is 13.3. The SMILES string of the molecule is NCCCCCCC[C@H](C(=O)O)[C@@H]1C(=O)N(CC(=O)O)c2ccccc2SC1N. The number of carboxylic acids is 2. The Morgan fingerprint density at radius 3 is 2.41 bits per heavy atom. The second-order valence-electron chi connectivity index (χ2n) is 7.18. The van der Waals surface area contributed by atoms with Gasteiger partial charge < -0.3 is 21.7 Å². The summed E-state index contributed by atoms with van der Waals surface area (Å²) in [6.45, 7) is 0.103. The van der Waals surface area contributed by atoms with Gasteiger partial charge in [0.25, 0.3) is 0 Å². The molecule has 1 aliphatic rings. The summed E-state index contributed by atoms with van der Waals surface area (Å²) in [6, 6.07) is 6.91. The fourth-order valence-electron chi connectivity index (χ4n) is 3.63. The third-order valence-electron chi connectivity index (χ3n) is 5.09. The van der Waals surface area contributed by atoms with E-state index < -0.39 is 41.6 Å². The number of carbonyl (C=O) groups is 3. The lowest BCUT2D eigenvalue weighted by atomic mass is 9.86. The van der Waals surface area contributed by atoms with E-state index >= 15 is 0 Å². The summed E-state index contributed by atoms with van der Waals surface area (Å²) in [5, 5.41) is 18.3. The van der Waals surface area contributed by atoms with Crippen molar-refractivity contribution in [3.8, 4) is 0 Å². The van der Waals surface area contributed by atoms with Crippen molar-refractivity contribution in [2.24, 2.45) is 23.3 Å². The smallest absolute Gasteiger partial charge is 0.323 e. The highest BCUT2D eigenvalue weighted by Gasteiger charge is 2.43. The summed E-state index contributed by atoms with van der Waals surface area (Å²) < 4.78 is 0. The van der Waals surface area contributed by atoms with E-state index in [-0.39, 0.29) is 0 Å².